The molecule has 2 amide bonds. The Labute approximate surface area is 152 Å². The standard InChI is InChI=1S/C19H23N3O2S/c1-12(21-19(24)17-5-4-10-22(17)14(3)23)15-6-8-16(9-7-15)18-13(2)20-11-25-18/h6-9,11-12,17H,4-5,10H2,1-3H3,(H,21,24)/t12-,17-/m0/s1. The van der Waals surface area contributed by atoms with Gasteiger partial charge in [-0.15, -0.1) is 11.3 Å². The smallest absolute Gasteiger partial charge is 0.243 e. The Morgan fingerprint density at radius 2 is 2.04 bits per heavy atom. The van der Waals surface area contributed by atoms with Gasteiger partial charge in [-0.05, 0) is 37.8 Å². The van der Waals surface area contributed by atoms with E-state index in [4.69, 9.17) is 0 Å². The quantitative estimate of drug-likeness (QED) is 0.913. The summed E-state index contributed by atoms with van der Waals surface area (Å²) in [6.07, 6.45) is 1.62. The third kappa shape index (κ3) is 3.74. The predicted molar refractivity (Wildman–Crippen MR) is 99.3 cm³/mol. The van der Waals surface area contributed by atoms with Crippen LogP contribution in [-0.4, -0.2) is 34.3 Å². The molecule has 1 aromatic carbocycles. The maximum absolute atomic E-state index is 12.5. The molecule has 0 saturated carbocycles. The van der Waals surface area contributed by atoms with Gasteiger partial charge >= 0.3 is 0 Å². The van der Waals surface area contributed by atoms with Gasteiger partial charge in [0.2, 0.25) is 11.8 Å². The summed E-state index contributed by atoms with van der Waals surface area (Å²) in [7, 11) is 0. The first kappa shape index (κ1) is 17.6. The molecule has 0 radical (unpaired) electrons. The summed E-state index contributed by atoms with van der Waals surface area (Å²) in [6.45, 7) is 6.17. The number of nitrogens with one attached hydrogen (secondary N) is 1. The highest BCUT2D eigenvalue weighted by molar-refractivity contribution is 7.13. The number of likely N-dealkylation sites (tertiary alicyclic amines) is 1. The molecule has 132 valence electrons. The Kier molecular flexibility index (Phi) is 5.18. The summed E-state index contributed by atoms with van der Waals surface area (Å²) in [5, 5.41) is 3.05. The number of amides is 2. The fourth-order valence-electron chi connectivity index (χ4n) is 3.31. The van der Waals surface area contributed by atoms with Crippen LogP contribution in [0, 0.1) is 6.92 Å². The van der Waals surface area contributed by atoms with Crippen molar-refractivity contribution in [2.45, 2.75) is 45.7 Å². The van der Waals surface area contributed by atoms with E-state index in [1.807, 2.05) is 31.5 Å². The number of carbonyl (C=O) groups is 2. The van der Waals surface area contributed by atoms with Gasteiger partial charge in [0, 0.05) is 13.5 Å². The van der Waals surface area contributed by atoms with Crippen LogP contribution in [0.2, 0.25) is 0 Å². The van der Waals surface area contributed by atoms with Gasteiger partial charge in [-0.25, -0.2) is 4.98 Å². The van der Waals surface area contributed by atoms with E-state index in [0.29, 0.717) is 6.54 Å². The number of benzene rings is 1. The molecule has 2 aromatic rings. The maximum atomic E-state index is 12.5. The second kappa shape index (κ2) is 7.35. The van der Waals surface area contributed by atoms with E-state index in [1.54, 1.807) is 16.2 Å². The molecule has 1 aliphatic rings. The minimum atomic E-state index is -0.334. The molecule has 1 aliphatic heterocycles. The largest absolute Gasteiger partial charge is 0.348 e. The molecule has 2 atom stereocenters. The SMILES string of the molecule is CC(=O)N1CCC[C@H]1C(=O)N[C@@H](C)c1ccc(-c2scnc2C)cc1. The summed E-state index contributed by atoms with van der Waals surface area (Å²) in [6, 6.07) is 7.78. The lowest BCUT2D eigenvalue weighted by atomic mass is 10.0. The lowest BCUT2D eigenvalue weighted by molar-refractivity contribution is -0.137. The number of thiazole rings is 1. The van der Waals surface area contributed by atoms with Crippen molar-refractivity contribution in [3.05, 3.63) is 41.0 Å². The molecule has 1 fully saturated rings. The summed E-state index contributed by atoms with van der Waals surface area (Å²) in [5.74, 6) is -0.0999. The first-order valence-corrected chi connectivity index (χ1v) is 9.43. The van der Waals surface area contributed by atoms with Crippen molar-refractivity contribution >= 4 is 23.2 Å². The number of nitrogens with zero attached hydrogens (tertiary/aromatic N) is 2. The van der Waals surface area contributed by atoms with Crippen molar-refractivity contribution in [3.63, 3.8) is 0 Å². The topological polar surface area (TPSA) is 62.3 Å². The van der Waals surface area contributed by atoms with Gasteiger partial charge in [0.15, 0.2) is 0 Å². The third-order valence-corrected chi connectivity index (χ3v) is 5.71. The fourth-order valence-corrected chi connectivity index (χ4v) is 4.12. The summed E-state index contributed by atoms with van der Waals surface area (Å²) < 4.78 is 0. The molecule has 6 heteroatoms. The van der Waals surface area contributed by atoms with Gasteiger partial charge in [-0.1, -0.05) is 24.3 Å². The van der Waals surface area contributed by atoms with Crippen molar-refractivity contribution in [3.8, 4) is 10.4 Å². The van der Waals surface area contributed by atoms with Gasteiger partial charge in [-0.3, -0.25) is 9.59 Å². The molecule has 0 bridgehead atoms. The zero-order valence-corrected chi connectivity index (χ0v) is 15.6. The summed E-state index contributed by atoms with van der Waals surface area (Å²) >= 11 is 1.63. The lowest BCUT2D eigenvalue weighted by Gasteiger charge is -2.24. The Morgan fingerprint density at radius 3 is 2.64 bits per heavy atom. The van der Waals surface area contributed by atoms with Gasteiger partial charge < -0.3 is 10.2 Å². The highest BCUT2D eigenvalue weighted by Gasteiger charge is 2.32. The number of rotatable bonds is 4. The van der Waals surface area contributed by atoms with Crippen LogP contribution in [0.1, 0.15) is 44.0 Å². The second-order valence-electron chi connectivity index (χ2n) is 6.49. The average Bonchev–Trinajstić information content (AvgIpc) is 3.23. The van der Waals surface area contributed by atoms with E-state index in [-0.39, 0.29) is 23.9 Å². The van der Waals surface area contributed by atoms with Crippen LogP contribution in [0.3, 0.4) is 0 Å². The Balaban J connectivity index is 1.67. The molecular weight excluding hydrogens is 334 g/mol. The number of carbonyl (C=O) groups excluding carboxylic acids is 2. The van der Waals surface area contributed by atoms with Crippen LogP contribution in [0.5, 0.6) is 0 Å². The monoisotopic (exact) mass is 357 g/mol. The van der Waals surface area contributed by atoms with E-state index in [0.717, 1.165) is 29.7 Å². The Morgan fingerprint density at radius 1 is 1.32 bits per heavy atom. The van der Waals surface area contributed by atoms with E-state index < -0.39 is 0 Å². The normalized spacial score (nSPS) is 18.2. The van der Waals surface area contributed by atoms with Crippen LogP contribution in [0.4, 0.5) is 0 Å². The number of hydrogen-bond donors (Lipinski definition) is 1. The van der Waals surface area contributed by atoms with Gasteiger partial charge in [0.1, 0.15) is 6.04 Å². The first-order valence-electron chi connectivity index (χ1n) is 8.55. The summed E-state index contributed by atoms with van der Waals surface area (Å²) in [5.41, 5.74) is 5.07. The zero-order chi connectivity index (χ0) is 18.0. The molecule has 0 aliphatic carbocycles. The van der Waals surface area contributed by atoms with Crippen molar-refractivity contribution < 1.29 is 9.59 Å². The van der Waals surface area contributed by atoms with Crippen LogP contribution in [0.15, 0.2) is 29.8 Å². The molecule has 0 unspecified atom stereocenters. The van der Waals surface area contributed by atoms with Crippen molar-refractivity contribution in [2.24, 2.45) is 0 Å². The fraction of sp³-hybridized carbons (Fsp3) is 0.421. The molecule has 0 spiro atoms. The Hall–Kier alpha value is -2.21. The lowest BCUT2D eigenvalue weighted by Crippen LogP contribution is -2.45. The highest BCUT2D eigenvalue weighted by atomic mass is 32.1. The molecule has 1 N–H and O–H groups in total. The van der Waals surface area contributed by atoms with E-state index in [9.17, 15) is 9.59 Å². The number of hydrogen-bond acceptors (Lipinski definition) is 4. The van der Waals surface area contributed by atoms with Crippen molar-refractivity contribution in [1.82, 2.24) is 15.2 Å². The minimum Gasteiger partial charge on any atom is -0.348 e. The van der Waals surface area contributed by atoms with Crippen LogP contribution in [0.25, 0.3) is 10.4 Å². The molecule has 25 heavy (non-hydrogen) atoms. The first-order chi connectivity index (χ1) is 12.0. The molecule has 3 rings (SSSR count). The van der Waals surface area contributed by atoms with Crippen LogP contribution in [-0.2, 0) is 9.59 Å². The summed E-state index contributed by atoms with van der Waals surface area (Å²) in [4.78, 5) is 31.3. The predicted octanol–water partition coefficient (Wildman–Crippen LogP) is 3.31. The average molecular weight is 357 g/mol. The van der Waals surface area contributed by atoms with Crippen LogP contribution >= 0.6 is 11.3 Å². The minimum absolute atomic E-state index is 0.0328. The van der Waals surface area contributed by atoms with E-state index in [2.05, 4.69) is 22.4 Å². The van der Waals surface area contributed by atoms with E-state index in [1.165, 1.54) is 11.8 Å². The number of aromatic nitrogens is 1. The van der Waals surface area contributed by atoms with Crippen LogP contribution < -0.4 is 5.32 Å². The maximum Gasteiger partial charge on any atom is 0.243 e. The van der Waals surface area contributed by atoms with Crippen molar-refractivity contribution in [1.29, 1.82) is 0 Å². The highest BCUT2D eigenvalue weighted by Crippen LogP contribution is 2.28. The second-order valence-corrected chi connectivity index (χ2v) is 7.34. The molecule has 1 aromatic heterocycles. The van der Waals surface area contributed by atoms with Gasteiger partial charge in [0.25, 0.3) is 0 Å². The van der Waals surface area contributed by atoms with Gasteiger partial charge in [0.05, 0.1) is 22.1 Å². The third-order valence-electron chi connectivity index (χ3n) is 4.74. The zero-order valence-electron chi connectivity index (χ0n) is 14.8. The molecule has 1 saturated heterocycles. The van der Waals surface area contributed by atoms with E-state index >= 15 is 0 Å². The molecule has 5 nitrogen and oxygen atoms in total. The molecule has 2 heterocycles. The van der Waals surface area contributed by atoms with Crippen molar-refractivity contribution in [2.75, 3.05) is 6.54 Å². The van der Waals surface area contributed by atoms with Gasteiger partial charge in [-0.2, -0.15) is 0 Å². The molecular formula is C19H23N3O2S. The number of aryl methyl sites for hydroxylation is 1. The Bertz CT molecular complexity index is 769.